The van der Waals surface area contributed by atoms with Crippen molar-refractivity contribution in [2.24, 2.45) is 11.8 Å². The van der Waals surface area contributed by atoms with Crippen LogP contribution in [0.5, 0.6) is 0 Å². The first-order valence-corrected chi connectivity index (χ1v) is 21.3. The average Bonchev–Trinajstić information content (AvgIpc) is 3.78. The molecule has 4 aliphatic heterocycles. The molecule has 10 rings (SSSR count). The highest BCUT2D eigenvalue weighted by atomic mass is 35.5. The number of nitrogens with zero attached hydrogens (tertiary/aromatic N) is 13. The van der Waals surface area contributed by atoms with Crippen molar-refractivity contribution in [3.05, 3.63) is 88.9 Å². The summed E-state index contributed by atoms with van der Waals surface area (Å²) in [6.45, 7) is 18.6. The van der Waals surface area contributed by atoms with Gasteiger partial charge < -0.3 is 39.1 Å². The van der Waals surface area contributed by atoms with Crippen molar-refractivity contribution in [3.8, 4) is 0 Å². The number of carbonyl (C=O) groups excluding carboxylic acids is 2. The molecule has 2 amide bonds. The Morgan fingerprint density at radius 3 is 1.57 bits per heavy atom. The highest BCUT2D eigenvalue weighted by Crippen LogP contribution is 2.25. The fourth-order valence-electron chi connectivity index (χ4n) is 7.78. The fourth-order valence-corrected chi connectivity index (χ4v) is 7.88. The Balaban J connectivity index is 0.000000146. The lowest BCUT2D eigenvalue weighted by atomic mass is 9.97. The van der Waals surface area contributed by atoms with Crippen LogP contribution < -0.4 is 20.9 Å². The zero-order valence-electron chi connectivity index (χ0n) is 36.3. The highest BCUT2D eigenvalue weighted by Gasteiger charge is 2.34. The number of imidazole rings is 2. The summed E-state index contributed by atoms with van der Waals surface area (Å²) >= 11 is 5.64. The third-order valence-corrected chi connectivity index (χ3v) is 11.5. The first-order chi connectivity index (χ1) is 30.4. The molecular weight excluding hydrogens is 828 g/mol. The van der Waals surface area contributed by atoms with E-state index in [2.05, 4.69) is 70.5 Å². The van der Waals surface area contributed by atoms with Crippen molar-refractivity contribution < 1.29 is 19.1 Å². The topological polar surface area (TPSA) is 210 Å². The minimum absolute atomic E-state index is 0.167. The van der Waals surface area contributed by atoms with Gasteiger partial charge in [-0.2, -0.15) is 0 Å². The van der Waals surface area contributed by atoms with Gasteiger partial charge >= 0.3 is 0 Å². The molecule has 63 heavy (non-hydrogen) atoms. The van der Waals surface area contributed by atoms with Gasteiger partial charge in [-0.25, -0.2) is 39.9 Å². The van der Waals surface area contributed by atoms with Crippen LogP contribution in [0.15, 0.2) is 49.6 Å². The van der Waals surface area contributed by atoms with E-state index < -0.39 is 5.91 Å². The van der Waals surface area contributed by atoms with Gasteiger partial charge in [-0.3, -0.25) is 19.4 Å². The molecule has 4 saturated heterocycles. The maximum absolute atomic E-state index is 12.6. The molecule has 0 bridgehead atoms. The van der Waals surface area contributed by atoms with Crippen LogP contribution in [0.1, 0.15) is 43.8 Å². The molecule has 10 heterocycles. The van der Waals surface area contributed by atoms with Gasteiger partial charge in [-0.15, -0.1) is 0 Å². The van der Waals surface area contributed by atoms with E-state index in [1.54, 1.807) is 32.8 Å². The van der Waals surface area contributed by atoms with E-state index >= 15 is 0 Å². The number of halogens is 1. The van der Waals surface area contributed by atoms with Crippen LogP contribution in [0.2, 0.25) is 5.15 Å². The number of hydrogen-bond acceptors (Lipinski definition) is 16. The Morgan fingerprint density at radius 2 is 1.14 bits per heavy atom. The van der Waals surface area contributed by atoms with Crippen LogP contribution in [0.4, 0.5) is 17.5 Å². The molecule has 0 unspecified atom stereocenters. The highest BCUT2D eigenvalue weighted by molar-refractivity contribution is 6.29. The number of methoxy groups -OCH3 is 2. The molecule has 0 saturated carbocycles. The summed E-state index contributed by atoms with van der Waals surface area (Å²) in [4.78, 5) is 65.7. The summed E-state index contributed by atoms with van der Waals surface area (Å²) < 4.78 is 14.2. The van der Waals surface area contributed by atoms with Gasteiger partial charge in [0.1, 0.15) is 34.0 Å². The molecule has 6 aromatic rings. The largest absolute Gasteiger partial charge is 0.379 e. The number of fused-ring (bicyclic) bond motifs is 2. The van der Waals surface area contributed by atoms with Crippen LogP contribution in [0.3, 0.4) is 0 Å². The number of hydrogen-bond donors (Lipinski definition) is 3. The molecule has 20 nitrogen and oxygen atoms in total. The van der Waals surface area contributed by atoms with Crippen LogP contribution in [0, 0.1) is 39.5 Å². The van der Waals surface area contributed by atoms with E-state index in [1.807, 2.05) is 48.9 Å². The summed E-state index contributed by atoms with van der Waals surface area (Å²) in [5.41, 5.74) is 5.21. The van der Waals surface area contributed by atoms with Gasteiger partial charge in [0, 0.05) is 98.0 Å². The molecule has 3 N–H and O–H groups in total. The van der Waals surface area contributed by atoms with Crippen molar-refractivity contribution in [2.75, 3.05) is 95.2 Å². The van der Waals surface area contributed by atoms with Crippen molar-refractivity contribution in [2.45, 2.75) is 39.9 Å². The zero-order valence-corrected chi connectivity index (χ0v) is 37.1. The molecule has 6 aromatic heterocycles. The Bertz CT molecular complexity index is 2530. The van der Waals surface area contributed by atoms with Crippen LogP contribution >= 0.6 is 11.6 Å². The smallest absolute Gasteiger partial charge is 0.277 e. The SMILES string of the molecule is COC1CN(CC2CN(c3cnc(C(=O)Nc4cn5cc(C)nc5c(C)n4)cn3)C2)C1.COC1CN(CC2CNC2)C1.Cc1cn2cc(NC(=O)c3cnc(Cl)cn3)nc(C)c2n1. The summed E-state index contributed by atoms with van der Waals surface area (Å²) in [5.74, 6) is 2.47. The van der Waals surface area contributed by atoms with Crippen molar-refractivity contribution in [1.82, 2.24) is 63.8 Å². The Labute approximate surface area is 369 Å². The van der Waals surface area contributed by atoms with Crippen LogP contribution in [0.25, 0.3) is 11.3 Å². The average molecular weight is 881 g/mol. The molecule has 0 aromatic carbocycles. The number of aromatic nitrogens is 10. The molecule has 0 atom stereocenters. The summed E-state index contributed by atoms with van der Waals surface area (Å²) in [6.07, 6.45) is 13.9. The number of amides is 2. The van der Waals surface area contributed by atoms with Gasteiger partial charge in [0.25, 0.3) is 11.8 Å². The summed E-state index contributed by atoms with van der Waals surface area (Å²) in [7, 11) is 3.57. The predicted molar refractivity (Wildman–Crippen MR) is 236 cm³/mol. The Morgan fingerprint density at radius 1 is 0.651 bits per heavy atom. The summed E-state index contributed by atoms with van der Waals surface area (Å²) in [6, 6.07) is 0. The third kappa shape index (κ3) is 10.7. The maximum atomic E-state index is 12.6. The Hall–Kier alpha value is -5.77. The number of aryl methyl sites for hydroxylation is 4. The molecule has 332 valence electrons. The van der Waals surface area contributed by atoms with Gasteiger partial charge in [-0.05, 0) is 33.6 Å². The van der Waals surface area contributed by atoms with E-state index in [-0.39, 0.29) is 22.4 Å². The zero-order chi connectivity index (χ0) is 44.2. The monoisotopic (exact) mass is 880 g/mol. The van der Waals surface area contributed by atoms with Gasteiger partial charge in [0.15, 0.2) is 11.3 Å². The Kier molecular flexibility index (Phi) is 13.4. The van der Waals surface area contributed by atoms with Crippen molar-refractivity contribution in [3.63, 3.8) is 0 Å². The van der Waals surface area contributed by atoms with Crippen LogP contribution in [-0.4, -0.2) is 162 Å². The lowest BCUT2D eigenvalue weighted by molar-refractivity contribution is -0.0387. The third-order valence-electron chi connectivity index (χ3n) is 11.4. The second-order valence-corrected chi connectivity index (χ2v) is 16.9. The predicted octanol–water partition coefficient (Wildman–Crippen LogP) is 2.73. The number of carbonyl (C=O) groups is 2. The number of ether oxygens (including phenoxy) is 2. The molecule has 0 aliphatic carbocycles. The number of anilines is 3. The first kappa shape index (κ1) is 43.9. The molecule has 0 radical (unpaired) electrons. The molecule has 0 spiro atoms. The van der Waals surface area contributed by atoms with E-state index in [9.17, 15) is 9.59 Å². The van der Waals surface area contributed by atoms with Gasteiger partial charge in [-0.1, -0.05) is 11.6 Å². The number of nitrogens with one attached hydrogen (secondary N) is 3. The first-order valence-electron chi connectivity index (χ1n) is 20.9. The fraction of sp³-hybridized carbons (Fsp3) is 0.476. The minimum Gasteiger partial charge on any atom is -0.379 e. The van der Waals surface area contributed by atoms with Crippen molar-refractivity contribution in [1.29, 1.82) is 0 Å². The molecule has 21 heteroatoms. The normalized spacial score (nSPS) is 17.2. The van der Waals surface area contributed by atoms with E-state index in [1.165, 1.54) is 38.2 Å². The summed E-state index contributed by atoms with van der Waals surface area (Å²) in [5, 5.41) is 8.99. The second kappa shape index (κ2) is 19.3. The quantitative estimate of drug-likeness (QED) is 0.171. The minimum atomic E-state index is -0.401. The van der Waals surface area contributed by atoms with Gasteiger partial charge in [0.05, 0.1) is 72.2 Å². The number of rotatable bonds is 11. The van der Waals surface area contributed by atoms with Crippen LogP contribution in [-0.2, 0) is 9.47 Å². The van der Waals surface area contributed by atoms with E-state index in [0.29, 0.717) is 29.8 Å². The van der Waals surface area contributed by atoms with Gasteiger partial charge in [0.2, 0.25) is 0 Å². The number of likely N-dealkylation sites (tertiary alicyclic amines) is 2. The molecule has 4 aliphatic rings. The van der Waals surface area contributed by atoms with E-state index in [0.717, 1.165) is 91.6 Å². The van der Waals surface area contributed by atoms with Crippen molar-refractivity contribution >= 4 is 52.2 Å². The second-order valence-electron chi connectivity index (χ2n) is 16.5. The lowest BCUT2D eigenvalue weighted by Crippen LogP contribution is -2.58. The van der Waals surface area contributed by atoms with E-state index in [4.69, 9.17) is 21.1 Å². The standard InChI is InChI=1S/C21H26N8O2.C13H11ClN6O.C8H16N2O/c1-13-6-29-12-18(25-14(2)20(29)24-13)26-21(30)17-4-23-19(5-22-17)28-8-15(9-28)7-27-10-16(11-27)31-3;1-7-5-20-6-11(18-8(2)12(20)17-7)19-13(21)9-3-16-10(14)4-15-9;1-11-8-5-10(6-8)4-7-2-9-3-7/h4-6,12,15-16H,7-11H2,1-3H3,(H,26,30);3-6H,1-2H3,(H,19,21);7-9H,2-6H2,1H3. The molecular formula is C42H53ClN16O4. The molecule has 4 fully saturated rings. The maximum Gasteiger partial charge on any atom is 0.277 e. The lowest BCUT2D eigenvalue weighted by Gasteiger charge is -2.46.